The van der Waals surface area contributed by atoms with E-state index in [9.17, 15) is 5.11 Å². The molecule has 0 spiro atoms. The SMILES string of the molecule is COc1ccc(NC2=Nc3c(O)cc(Cl)cc3SN2)cn1. The Bertz CT molecular complexity index is 706. The van der Waals surface area contributed by atoms with Crippen molar-refractivity contribution in [2.45, 2.75) is 4.90 Å². The van der Waals surface area contributed by atoms with E-state index in [-0.39, 0.29) is 5.75 Å². The third kappa shape index (κ3) is 2.98. The molecule has 0 radical (unpaired) electrons. The standard InChI is InChI=1S/C13H11ClN4O2S/c1-20-11-3-2-8(6-15-11)16-13-17-12-9(19)4-7(14)5-10(12)21-18-13/h2-6,19H,1H3,(H2,16,17,18). The van der Waals surface area contributed by atoms with Gasteiger partial charge >= 0.3 is 0 Å². The number of hydrogen-bond donors (Lipinski definition) is 3. The van der Waals surface area contributed by atoms with Crippen LogP contribution in [0.1, 0.15) is 0 Å². The summed E-state index contributed by atoms with van der Waals surface area (Å²) in [6, 6.07) is 6.76. The van der Waals surface area contributed by atoms with Crippen LogP contribution in [0.25, 0.3) is 0 Å². The average Bonchev–Trinajstić information content (AvgIpc) is 2.48. The van der Waals surface area contributed by atoms with Gasteiger partial charge in [0.15, 0.2) is 0 Å². The first-order valence-corrected chi connectivity index (χ1v) is 7.16. The molecule has 6 nitrogen and oxygen atoms in total. The van der Waals surface area contributed by atoms with Crippen LogP contribution in [0.2, 0.25) is 5.02 Å². The van der Waals surface area contributed by atoms with Crippen LogP contribution in [0.5, 0.6) is 11.6 Å². The summed E-state index contributed by atoms with van der Waals surface area (Å²) in [5.74, 6) is 1.07. The zero-order chi connectivity index (χ0) is 14.8. The minimum absolute atomic E-state index is 0.0404. The van der Waals surface area contributed by atoms with E-state index >= 15 is 0 Å². The Morgan fingerprint density at radius 1 is 1.38 bits per heavy atom. The molecule has 1 aromatic carbocycles. The molecule has 0 unspecified atom stereocenters. The lowest BCUT2D eigenvalue weighted by Gasteiger charge is -2.18. The molecule has 0 aliphatic carbocycles. The number of phenolic OH excluding ortho intramolecular Hbond substituents is 1. The van der Waals surface area contributed by atoms with Crippen LogP contribution in [-0.4, -0.2) is 23.2 Å². The van der Waals surface area contributed by atoms with Gasteiger partial charge in [0.05, 0.1) is 23.9 Å². The van der Waals surface area contributed by atoms with Gasteiger partial charge in [-0.3, -0.25) is 4.72 Å². The first kappa shape index (κ1) is 13.8. The Balaban J connectivity index is 1.84. The highest BCUT2D eigenvalue weighted by atomic mass is 35.5. The van der Waals surface area contributed by atoms with Crippen LogP contribution in [0.15, 0.2) is 40.4 Å². The average molecular weight is 323 g/mol. The molecule has 3 N–H and O–H groups in total. The van der Waals surface area contributed by atoms with E-state index in [4.69, 9.17) is 16.3 Å². The molecule has 0 atom stereocenters. The predicted molar refractivity (Wildman–Crippen MR) is 83.6 cm³/mol. The van der Waals surface area contributed by atoms with E-state index in [0.29, 0.717) is 22.5 Å². The van der Waals surface area contributed by atoms with E-state index < -0.39 is 0 Å². The molecule has 108 valence electrons. The molecule has 2 aromatic rings. The Hall–Kier alpha value is -2.12. The van der Waals surface area contributed by atoms with E-state index in [1.807, 2.05) is 6.07 Å². The number of phenols is 1. The van der Waals surface area contributed by atoms with Crippen molar-refractivity contribution in [1.82, 2.24) is 9.71 Å². The molecule has 1 aromatic heterocycles. The molecule has 1 aliphatic rings. The second-order valence-corrected chi connectivity index (χ2v) is 5.43. The van der Waals surface area contributed by atoms with Crippen LogP contribution in [-0.2, 0) is 0 Å². The molecule has 0 bridgehead atoms. The Morgan fingerprint density at radius 2 is 2.24 bits per heavy atom. The third-order valence-corrected chi connectivity index (χ3v) is 3.75. The van der Waals surface area contributed by atoms with Gasteiger partial charge in [-0.1, -0.05) is 11.6 Å². The predicted octanol–water partition coefficient (Wildman–Crippen LogP) is 3.16. The number of aromatic nitrogens is 1. The van der Waals surface area contributed by atoms with Gasteiger partial charge in [-0.25, -0.2) is 9.98 Å². The molecule has 0 saturated heterocycles. The normalized spacial score (nSPS) is 13.0. The quantitative estimate of drug-likeness (QED) is 0.737. The van der Waals surface area contributed by atoms with Crippen molar-refractivity contribution in [3.63, 3.8) is 0 Å². The lowest BCUT2D eigenvalue weighted by Crippen LogP contribution is -2.26. The van der Waals surface area contributed by atoms with E-state index in [0.717, 1.165) is 10.6 Å². The van der Waals surface area contributed by atoms with Crippen molar-refractivity contribution >= 4 is 40.9 Å². The number of aliphatic imine (C=N–C) groups is 1. The molecule has 21 heavy (non-hydrogen) atoms. The summed E-state index contributed by atoms with van der Waals surface area (Å²) >= 11 is 7.21. The van der Waals surface area contributed by atoms with Gasteiger partial charge in [-0.05, 0) is 24.1 Å². The lowest BCUT2D eigenvalue weighted by atomic mass is 10.3. The summed E-state index contributed by atoms with van der Waals surface area (Å²) in [7, 11) is 1.56. The summed E-state index contributed by atoms with van der Waals surface area (Å²) in [6.45, 7) is 0. The van der Waals surface area contributed by atoms with Crippen LogP contribution < -0.4 is 14.8 Å². The first-order chi connectivity index (χ1) is 10.2. The van der Waals surface area contributed by atoms with Gasteiger partial charge in [0.25, 0.3) is 0 Å². The van der Waals surface area contributed by atoms with Gasteiger partial charge in [-0.2, -0.15) is 0 Å². The number of rotatable bonds is 2. The van der Waals surface area contributed by atoms with Gasteiger partial charge in [0.1, 0.15) is 11.4 Å². The van der Waals surface area contributed by atoms with Crippen molar-refractivity contribution in [2.75, 3.05) is 12.4 Å². The van der Waals surface area contributed by atoms with Gasteiger partial charge in [0, 0.05) is 17.2 Å². The van der Waals surface area contributed by atoms with Crippen molar-refractivity contribution in [3.8, 4) is 11.6 Å². The summed E-state index contributed by atoms with van der Waals surface area (Å²) < 4.78 is 8.03. The number of anilines is 1. The Kier molecular flexibility index (Phi) is 3.76. The van der Waals surface area contributed by atoms with Crippen molar-refractivity contribution in [3.05, 3.63) is 35.5 Å². The highest BCUT2D eigenvalue weighted by Crippen LogP contribution is 2.40. The monoisotopic (exact) mass is 322 g/mol. The zero-order valence-corrected chi connectivity index (χ0v) is 12.5. The van der Waals surface area contributed by atoms with Crippen molar-refractivity contribution in [2.24, 2.45) is 4.99 Å². The minimum Gasteiger partial charge on any atom is -0.506 e. The number of pyridine rings is 1. The second kappa shape index (κ2) is 5.71. The van der Waals surface area contributed by atoms with Gasteiger partial charge < -0.3 is 15.2 Å². The number of nitrogens with one attached hydrogen (secondary N) is 2. The third-order valence-electron chi connectivity index (χ3n) is 2.71. The zero-order valence-electron chi connectivity index (χ0n) is 10.9. The fourth-order valence-electron chi connectivity index (χ4n) is 1.75. The van der Waals surface area contributed by atoms with Crippen LogP contribution in [0, 0.1) is 0 Å². The second-order valence-electron chi connectivity index (χ2n) is 4.15. The van der Waals surface area contributed by atoms with Crippen molar-refractivity contribution < 1.29 is 9.84 Å². The molecule has 8 heteroatoms. The maximum absolute atomic E-state index is 9.90. The van der Waals surface area contributed by atoms with E-state index in [1.54, 1.807) is 25.4 Å². The summed E-state index contributed by atoms with van der Waals surface area (Å²) in [4.78, 5) is 9.19. The number of nitrogens with zero attached hydrogens (tertiary/aromatic N) is 2. The molecule has 3 rings (SSSR count). The number of halogens is 1. The highest BCUT2D eigenvalue weighted by molar-refractivity contribution is 7.98. The molecule has 1 aliphatic heterocycles. The Labute approximate surface area is 130 Å². The number of aromatic hydroxyl groups is 1. The molecular weight excluding hydrogens is 312 g/mol. The molecular formula is C13H11ClN4O2S. The van der Waals surface area contributed by atoms with Crippen LogP contribution >= 0.6 is 23.5 Å². The largest absolute Gasteiger partial charge is 0.506 e. The summed E-state index contributed by atoms with van der Waals surface area (Å²) in [5.41, 5.74) is 1.23. The number of fused-ring (bicyclic) bond motifs is 1. The highest BCUT2D eigenvalue weighted by Gasteiger charge is 2.17. The first-order valence-electron chi connectivity index (χ1n) is 5.97. The maximum Gasteiger partial charge on any atom is 0.213 e. The lowest BCUT2D eigenvalue weighted by molar-refractivity contribution is 0.398. The van der Waals surface area contributed by atoms with E-state index in [2.05, 4.69) is 20.0 Å². The van der Waals surface area contributed by atoms with Crippen LogP contribution in [0.4, 0.5) is 11.4 Å². The fourth-order valence-corrected chi connectivity index (χ4v) is 2.77. The van der Waals surface area contributed by atoms with E-state index in [1.165, 1.54) is 18.0 Å². The molecule has 0 amide bonds. The number of ether oxygens (including phenoxy) is 1. The van der Waals surface area contributed by atoms with Crippen molar-refractivity contribution in [1.29, 1.82) is 0 Å². The summed E-state index contributed by atoms with van der Waals surface area (Å²) in [6.07, 6.45) is 1.63. The topological polar surface area (TPSA) is 78.8 Å². The Morgan fingerprint density at radius 3 is 2.95 bits per heavy atom. The summed E-state index contributed by atoms with van der Waals surface area (Å²) in [5, 5.41) is 13.4. The van der Waals surface area contributed by atoms with Gasteiger partial charge in [-0.15, -0.1) is 0 Å². The number of hydrogen-bond acceptors (Lipinski definition) is 7. The molecule has 0 saturated carbocycles. The molecule has 2 heterocycles. The smallest absolute Gasteiger partial charge is 0.213 e. The van der Waals surface area contributed by atoms with Gasteiger partial charge in [0.2, 0.25) is 11.8 Å². The number of methoxy groups -OCH3 is 1. The maximum atomic E-state index is 9.90. The minimum atomic E-state index is 0.0404. The molecule has 0 fully saturated rings. The number of benzene rings is 1. The fraction of sp³-hybridized carbons (Fsp3) is 0.0769. The number of guanidine groups is 1. The van der Waals surface area contributed by atoms with Crippen LogP contribution in [0.3, 0.4) is 0 Å².